The number of imidazole rings is 1. The first-order valence-electron chi connectivity index (χ1n) is 6.60. The Labute approximate surface area is 129 Å². The summed E-state index contributed by atoms with van der Waals surface area (Å²) in [5.41, 5.74) is 1.73. The molecule has 4 rings (SSSR count). The van der Waals surface area contributed by atoms with E-state index in [1.807, 2.05) is 0 Å². The van der Waals surface area contributed by atoms with Crippen LogP contribution in [0, 0.1) is 0 Å². The van der Waals surface area contributed by atoms with Crippen LogP contribution in [0.25, 0.3) is 16.7 Å². The molecule has 0 saturated carbocycles. The Kier molecular flexibility index (Phi) is 2.78. The zero-order valence-corrected chi connectivity index (χ0v) is 12.4. The number of hydrogen-bond donors (Lipinski definition) is 2. The maximum absolute atomic E-state index is 12.5. The number of benzene rings is 1. The summed E-state index contributed by atoms with van der Waals surface area (Å²) in [7, 11) is -3.81. The van der Waals surface area contributed by atoms with Crippen molar-refractivity contribution in [3.63, 3.8) is 0 Å². The number of nitrogens with zero attached hydrogens (tertiary/aromatic N) is 2. The number of nitrogens with one attached hydrogen (secondary N) is 2. The predicted octanol–water partition coefficient (Wildman–Crippen LogP) is 1.57. The van der Waals surface area contributed by atoms with Gasteiger partial charge in [0.1, 0.15) is 5.65 Å². The van der Waals surface area contributed by atoms with Crippen molar-refractivity contribution in [2.45, 2.75) is 4.90 Å². The van der Waals surface area contributed by atoms with Gasteiger partial charge in [-0.15, -0.1) is 0 Å². The maximum Gasteiger partial charge on any atom is 0.417 e. The second kappa shape index (κ2) is 4.71. The van der Waals surface area contributed by atoms with Gasteiger partial charge < -0.3 is 8.82 Å². The number of H-pyrrole nitrogens is 1. The molecule has 1 aromatic carbocycles. The van der Waals surface area contributed by atoms with Crippen LogP contribution in [0.2, 0.25) is 0 Å². The fourth-order valence-corrected chi connectivity index (χ4v) is 3.35. The quantitative estimate of drug-likeness (QED) is 0.592. The smallest absolute Gasteiger partial charge is 0.408 e. The second-order valence-electron chi connectivity index (χ2n) is 4.89. The number of aromatic amines is 1. The lowest BCUT2D eigenvalue weighted by atomic mass is 10.3. The number of oxazole rings is 1. The van der Waals surface area contributed by atoms with Crippen molar-refractivity contribution in [3.8, 4) is 0 Å². The zero-order chi connectivity index (χ0) is 16.0. The Morgan fingerprint density at radius 3 is 2.96 bits per heavy atom. The molecule has 0 amide bonds. The van der Waals surface area contributed by atoms with Crippen LogP contribution in [-0.2, 0) is 10.0 Å². The van der Waals surface area contributed by atoms with Crippen LogP contribution >= 0.6 is 0 Å². The Balaban J connectivity index is 1.74. The molecule has 23 heavy (non-hydrogen) atoms. The van der Waals surface area contributed by atoms with E-state index >= 15 is 0 Å². The molecular formula is C14H10N4O4S. The van der Waals surface area contributed by atoms with Crippen molar-refractivity contribution < 1.29 is 12.8 Å². The summed E-state index contributed by atoms with van der Waals surface area (Å²) in [5.74, 6) is -0.631. The van der Waals surface area contributed by atoms with Gasteiger partial charge in [0.15, 0.2) is 5.58 Å². The third-order valence-corrected chi connectivity index (χ3v) is 4.72. The fourth-order valence-electron chi connectivity index (χ4n) is 2.29. The summed E-state index contributed by atoms with van der Waals surface area (Å²) in [5, 5.41) is 0. The average Bonchev–Trinajstić information content (AvgIpc) is 3.10. The van der Waals surface area contributed by atoms with Gasteiger partial charge in [-0.3, -0.25) is 9.71 Å². The number of anilines is 1. The van der Waals surface area contributed by atoms with Crippen LogP contribution in [0.3, 0.4) is 0 Å². The number of aromatic nitrogens is 3. The maximum atomic E-state index is 12.5. The molecule has 2 N–H and O–H groups in total. The van der Waals surface area contributed by atoms with E-state index in [0.717, 1.165) is 0 Å². The lowest BCUT2D eigenvalue weighted by Crippen LogP contribution is -2.13. The minimum Gasteiger partial charge on any atom is -0.408 e. The lowest BCUT2D eigenvalue weighted by molar-refractivity contribution is 0.554. The Bertz CT molecular complexity index is 1190. The molecule has 9 heteroatoms. The van der Waals surface area contributed by atoms with Gasteiger partial charge in [-0.25, -0.2) is 18.2 Å². The van der Waals surface area contributed by atoms with Gasteiger partial charge >= 0.3 is 5.76 Å². The van der Waals surface area contributed by atoms with E-state index in [1.165, 1.54) is 18.2 Å². The van der Waals surface area contributed by atoms with Crippen molar-refractivity contribution in [3.05, 3.63) is 59.5 Å². The van der Waals surface area contributed by atoms with Gasteiger partial charge in [0.25, 0.3) is 10.0 Å². The first-order chi connectivity index (χ1) is 11.0. The zero-order valence-electron chi connectivity index (χ0n) is 11.6. The van der Waals surface area contributed by atoms with E-state index in [1.54, 1.807) is 35.1 Å². The average molecular weight is 330 g/mol. The molecule has 8 nitrogen and oxygen atoms in total. The molecular weight excluding hydrogens is 320 g/mol. The first kappa shape index (κ1) is 13.6. The number of pyridine rings is 1. The SMILES string of the molecule is O=c1[nH]c2ccc(S(=O)(=O)Nc3ccc4nccn4c3)cc2o1. The predicted molar refractivity (Wildman–Crippen MR) is 82.8 cm³/mol. The van der Waals surface area contributed by atoms with E-state index in [9.17, 15) is 13.2 Å². The van der Waals surface area contributed by atoms with E-state index in [2.05, 4.69) is 14.7 Å². The standard InChI is InChI=1S/C14H10N4O4S/c19-14-16-11-3-2-10(7-12(11)22-14)23(20,21)17-9-1-4-13-15-5-6-18(13)8-9/h1-8,17H,(H,16,19). The molecule has 0 aliphatic heterocycles. The summed E-state index contributed by atoms with van der Waals surface area (Å²) in [4.78, 5) is 17.7. The number of hydrogen-bond acceptors (Lipinski definition) is 5. The van der Waals surface area contributed by atoms with Gasteiger partial charge in [0.2, 0.25) is 0 Å². The Morgan fingerprint density at radius 1 is 1.22 bits per heavy atom. The van der Waals surface area contributed by atoms with Crippen molar-refractivity contribution in [2.24, 2.45) is 0 Å². The molecule has 0 fully saturated rings. The van der Waals surface area contributed by atoms with E-state index < -0.39 is 15.8 Å². The molecule has 116 valence electrons. The lowest BCUT2D eigenvalue weighted by Gasteiger charge is -2.08. The summed E-state index contributed by atoms with van der Waals surface area (Å²) >= 11 is 0. The molecule has 0 spiro atoms. The van der Waals surface area contributed by atoms with Gasteiger partial charge in [0.05, 0.1) is 16.1 Å². The molecule has 0 radical (unpaired) electrons. The van der Waals surface area contributed by atoms with E-state index in [4.69, 9.17) is 4.42 Å². The van der Waals surface area contributed by atoms with Crippen LogP contribution in [0.1, 0.15) is 0 Å². The van der Waals surface area contributed by atoms with E-state index in [-0.39, 0.29) is 10.5 Å². The molecule has 0 atom stereocenters. The third-order valence-electron chi connectivity index (χ3n) is 3.34. The van der Waals surface area contributed by atoms with Crippen LogP contribution in [0.15, 0.2) is 63.0 Å². The van der Waals surface area contributed by atoms with Crippen molar-refractivity contribution in [2.75, 3.05) is 4.72 Å². The first-order valence-corrected chi connectivity index (χ1v) is 8.08. The van der Waals surface area contributed by atoms with Gasteiger partial charge in [-0.05, 0) is 24.3 Å². The fraction of sp³-hybridized carbons (Fsp3) is 0. The molecule has 0 unspecified atom stereocenters. The minimum atomic E-state index is -3.81. The second-order valence-corrected chi connectivity index (χ2v) is 6.57. The largest absolute Gasteiger partial charge is 0.417 e. The molecule has 0 saturated heterocycles. The highest BCUT2D eigenvalue weighted by Gasteiger charge is 2.16. The number of rotatable bonds is 3. The van der Waals surface area contributed by atoms with Crippen LogP contribution in [-0.4, -0.2) is 22.8 Å². The van der Waals surface area contributed by atoms with E-state index in [0.29, 0.717) is 16.9 Å². The molecule has 4 aromatic rings. The summed E-state index contributed by atoms with van der Waals surface area (Å²) in [6.45, 7) is 0. The summed E-state index contributed by atoms with van der Waals surface area (Å²) in [6, 6.07) is 7.49. The molecule has 3 aromatic heterocycles. The molecule has 0 aliphatic rings. The van der Waals surface area contributed by atoms with Crippen LogP contribution < -0.4 is 10.5 Å². The molecule has 0 aliphatic carbocycles. The highest BCUT2D eigenvalue weighted by Crippen LogP contribution is 2.20. The van der Waals surface area contributed by atoms with Gasteiger partial charge in [-0.1, -0.05) is 0 Å². The summed E-state index contributed by atoms with van der Waals surface area (Å²) in [6.07, 6.45) is 4.96. The number of fused-ring (bicyclic) bond motifs is 2. The van der Waals surface area contributed by atoms with Gasteiger partial charge in [-0.2, -0.15) is 0 Å². The normalized spacial score (nSPS) is 12.0. The number of sulfonamides is 1. The summed E-state index contributed by atoms with van der Waals surface area (Å²) < 4.78 is 34.0. The molecule has 3 heterocycles. The topological polar surface area (TPSA) is 109 Å². The highest BCUT2D eigenvalue weighted by molar-refractivity contribution is 7.92. The monoisotopic (exact) mass is 330 g/mol. The van der Waals surface area contributed by atoms with Gasteiger partial charge in [0, 0.05) is 24.7 Å². The van der Waals surface area contributed by atoms with Crippen LogP contribution in [0.4, 0.5) is 5.69 Å². The Hall–Kier alpha value is -3.07. The highest BCUT2D eigenvalue weighted by atomic mass is 32.2. The third kappa shape index (κ3) is 2.36. The molecule has 0 bridgehead atoms. The Morgan fingerprint density at radius 2 is 2.09 bits per heavy atom. The minimum absolute atomic E-state index is 0.00141. The van der Waals surface area contributed by atoms with Crippen molar-refractivity contribution >= 4 is 32.5 Å². The van der Waals surface area contributed by atoms with Crippen molar-refractivity contribution in [1.82, 2.24) is 14.4 Å². The van der Waals surface area contributed by atoms with Crippen molar-refractivity contribution in [1.29, 1.82) is 0 Å². The van der Waals surface area contributed by atoms with Crippen LogP contribution in [0.5, 0.6) is 0 Å².